The number of fused-ring (bicyclic) bond motifs is 5. The van der Waals surface area contributed by atoms with E-state index in [1.54, 1.807) is 5.57 Å². The van der Waals surface area contributed by atoms with Crippen LogP contribution >= 0.6 is 0 Å². The Morgan fingerprint density at radius 3 is 2.77 bits per heavy atom. The SMILES string of the molecule is CC12CCC3C(CCC4C[C@H](N)CCC43C)C1=CC=C2c1cccnc1. The number of nitrogens with zero attached hydrogens (tertiary/aromatic N) is 1. The van der Waals surface area contributed by atoms with Gasteiger partial charge in [-0.25, -0.2) is 0 Å². The van der Waals surface area contributed by atoms with E-state index in [9.17, 15) is 0 Å². The molecule has 1 heterocycles. The largest absolute Gasteiger partial charge is 0.328 e. The van der Waals surface area contributed by atoms with E-state index in [4.69, 9.17) is 5.73 Å². The highest BCUT2D eigenvalue weighted by Crippen LogP contribution is 2.65. The zero-order valence-electron chi connectivity index (χ0n) is 16.2. The second-order valence-corrected chi connectivity index (χ2v) is 9.84. The molecule has 5 rings (SSSR count). The van der Waals surface area contributed by atoms with Gasteiger partial charge in [-0.2, -0.15) is 0 Å². The third-order valence-electron chi connectivity index (χ3n) is 8.72. The number of hydrogen-bond acceptors (Lipinski definition) is 2. The van der Waals surface area contributed by atoms with Gasteiger partial charge in [0.1, 0.15) is 0 Å². The summed E-state index contributed by atoms with van der Waals surface area (Å²) in [5.41, 5.74) is 11.6. The molecule has 3 fully saturated rings. The smallest absolute Gasteiger partial charge is 0.0343 e. The van der Waals surface area contributed by atoms with Crippen LogP contribution in [0.3, 0.4) is 0 Å². The minimum Gasteiger partial charge on any atom is -0.328 e. The summed E-state index contributed by atoms with van der Waals surface area (Å²) in [7, 11) is 0. The molecule has 1 aromatic rings. The fourth-order valence-corrected chi connectivity index (χ4v) is 7.22. The maximum atomic E-state index is 6.33. The zero-order valence-corrected chi connectivity index (χ0v) is 16.2. The van der Waals surface area contributed by atoms with E-state index in [1.165, 1.54) is 56.1 Å². The lowest BCUT2D eigenvalue weighted by Crippen LogP contribution is -2.52. The van der Waals surface area contributed by atoms with Crippen LogP contribution in [-0.2, 0) is 0 Å². The summed E-state index contributed by atoms with van der Waals surface area (Å²) in [5, 5.41) is 0. The molecular weight excluding hydrogens is 316 g/mol. The van der Waals surface area contributed by atoms with Gasteiger partial charge in [0.15, 0.2) is 0 Å². The molecule has 2 heteroatoms. The van der Waals surface area contributed by atoms with E-state index >= 15 is 0 Å². The van der Waals surface area contributed by atoms with Gasteiger partial charge in [0.2, 0.25) is 0 Å². The van der Waals surface area contributed by atoms with Crippen molar-refractivity contribution in [1.82, 2.24) is 4.98 Å². The molecule has 26 heavy (non-hydrogen) atoms. The van der Waals surface area contributed by atoms with Crippen molar-refractivity contribution in [2.24, 2.45) is 34.3 Å². The van der Waals surface area contributed by atoms with Gasteiger partial charge in [0.05, 0.1) is 0 Å². The monoisotopic (exact) mass is 348 g/mol. The first-order valence-electron chi connectivity index (χ1n) is 10.6. The quantitative estimate of drug-likeness (QED) is 0.741. The van der Waals surface area contributed by atoms with Gasteiger partial charge >= 0.3 is 0 Å². The molecule has 4 aliphatic carbocycles. The molecule has 4 aliphatic rings. The first-order valence-corrected chi connectivity index (χ1v) is 10.6. The minimum atomic E-state index is 0.221. The molecule has 2 N–H and O–H groups in total. The highest BCUT2D eigenvalue weighted by Gasteiger charge is 2.56. The number of rotatable bonds is 1. The van der Waals surface area contributed by atoms with Crippen molar-refractivity contribution in [3.63, 3.8) is 0 Å². The first kappa shape index (κ1) is 16.7. The van der Waals surface area contributed by atoms with Gasteiger partial charge < -0.3 is 5.73 Å². The van der Waals surface area contributed by atoms with Crippen molar-refractivity contribution in [2.75, 3.05) is 0 Å². The van der Waals surface area contributed by atoms with Crippen molar-refractivity contribution >= 4 is 5.57 Å². The van der Waals surface area contributed by atoms with E-state index in [0.717, 1.165) is 17.8 Å². The Bertz CT molecular complexity index is 764. The second-order valence-electron chi connectivity index (χ2n) is 9.84. The lowest BCUT2D eigenvalue weighted by atomic mass is 9.46. The zero-order chi connectivity index (χ0) is 17.9. The Labute approximate surface area is 158 Å². The van der Waals surface area contributed by atoms with E-state index < -0.39 is 0 Å². The van der Waals surface area contributed by atoms with Crippen LogP contribution < -0.4 is 5.73 Å². The minimum absolute atomic E-state index is 0.221. The van der Waals surface area contributed by atoms with Crippen molar-refractivity contribution in [3.8, 4) is 0 Å². The molecule has 0 aliphatic heterocycles. The first-order chi connectivity index (χ1) is 12.5. The number of hydrogen-bond donors (Lipinski definition) is 1. The topological polar surface area (TPSA) is 38.9 Å². The predicted molar refractivity (Wildman–Crippen MR) is 107 cm³/mol. The van der Waals surface area contributed by atoms with E-state index in [2.05, 4.69) is 43.1 Å². The molecule has 0 spiro atoms. The van der Waals surface area contributed by atoms with Gasteiger partial charge in [0.25, 0.3) is 0 Å². The molecule has 0 saturated heterocycles. The van der Waals surface area contributed by atoms with Crippen molar-refractivity contribution in [2.45, 2.75) is 64.8 Å². The maximum absolute atomic E-state index is 6.33. The third kappa shape index (κ3) is 2.24. The second kappa shape index (κ2) is 5.79. The number of aromatic nitrogens is 1. The van der Waals surface area contributed by atoms with Crippen LogP contribution in [0.4, 0.5) is 0 Å². The summed E-state index contributed by atoms with van der Waals surface area (Å²) in [6.45, 7) is 5.10. The molecule has 0 aromatic carbocycles. The van der Waals surface area contributed by atoms with Crippen molar-refractivity contribution in [1.29, 1.82) is 0 Å². The van der Waals surface area contributed by atoms with Crippen LogP contribution in [0.15, 0.2) is 42.3 Å². The molecule has 6 atom stereocenters. The van der Waals surface area contributed by atoms with E-state index in [-0.39, 0.29) is 5.41 Å². The Balaban J connectivity index is 1.46. The number of pyridine rings is 1. The van der Waals surface area contributed by atoms with Crippen molar-refractivity contribution < 1.29 is 0 Å². The summed E-state index contributed by atoms with van der Waals surface area (Å²) < 4.78 is 0. The van der Waals surface area contributed by atoms with Crippen LogP contribution in [0.1, 0.15) is 64.4 Å². The standard InChI is InChI=1S/C24H32N2/c1-23-11-9-18(25)14-17(23)5-6-19-21-8-7-20(16-4-3-13-26-15-16)24(21,2)12-10-22(19)23/h3-4,7-8,13,15,17-19,22H,5-6,9-12,14,25H2,1-2H3/t17?,18-,19?,22?,23?,24?/m1/s1. The van der Waals surface area contributed by atoms with Crippen LogP contribution in [0, 0.1) is 28.6 Å². The third-order valence-corrected chi connectivity index (χ3v) is 8.72. The normalized spacial score (nSPS) is 44.4. The van der Waals surface area contributed by atoms with Crippen LogP contribution in [0.25, 0.3) is 5.57 Å². The molecule has 1 aromatic heterocycles. The Kier molecular flexibility index (Phi) is 3.73. The average Bonchev–Trinajstić information content (AvgIpc) is 3.00. The molecule has 5 unspecified atom stereocenters. The number of allylic oxidation sites excluding steroid dienone is 4. The fourth-order valence-electron chi connectivity index (χ4n) is 7.22. The lowest BCUT2D eigenvalue weighted by molar-refractivity contribution is -0.0506. The number of nitrogens with two attached hydrogens (primary N) is 1. The molecule has 0 radical (unpaired) electrons. The Morgan fingerprint density at radius 1 is 1.08 bits per heavy atom. The highest BCUT2D eigenvalue weighted by atomic mass is 14.7. The Morgan fingerprint density at radius 2 is 1.96 bits per heavy atom. The summed E-state index contributed by atoms with van der Waals surface area (Å²) >= 11 is 0. The lowest BCUT2D eigenvalue weighted by Gasteiger charge is -2.59. The molecule has 138 valence electrons. The molecule has 3 saturated carbocycles. The molecule has 0 bridgehead atoms. The van der Waals surface area contributed by atoms with E-state index in [1.807, 2.05) is 12.4 Å². The predicted octanol–water partition coefficient (Wildman–Crippen LogP) is 5.37. The molecule has 2 nitrogen and oxygen atoms in total. The fraction of sp³-hybridized carbons (Fsp3) is 0.625. The summed E-state index contributed by atoms with van der Waals surface area (Å²) in [6.07, 6.45) is 18.0. The van der Waals surface area contributed by atoms with Crippen molar-refractivity contribution in [3.05, 3.63) is 47.8 Å². The highest BCUT2D eigenvalue weighted by molar-refractivity contribution is 5.78. The van der Waals surface area contributed by atoms with Gasteiger partial charge in [-0.3, -0.25) is 4.98 Å². The summed E-state index contributed by atoms with van der Waals surface area (Å²) in [5.74, 6) is 2.48. The van der Waals surface area contributed by atoms with Gasteiger partial charge in [-0.1, -0.05) is 37.6 Å². The van der Waals surface area contributed by atoms with Gasteiger partial charge in [-0.15, -0.1) is 0 Å². The van der Waals surface area contributed by atoms with Crippen LogP contribution in [0.5, 0.6) is 0 Å². The van der Waals surface area contributed by atoms with Crippen LogP contribution in [0.2, 0.25) is 0 Å². The summed E-state index contributed by atoms with van der Waals surface area (Å²) in [4.78, 5) is 4.38. The molecular formula is C24H32N2. The van der Waals surface area contributed by atoms with Gasteiger partial charge in [-0.05, 0) is 85.3 Å². The molecule has 0 amide bonds. The Hall–Kier alpha value is -1.41. The summed E-state index contributed by atoms with van der Waals surface area (Å²) in [6, 6.07) is 4.75. The van der Waals surface area contributed by atoms with Gasteiger partial charge in [0, 0.05) is 23.9 Å². The van der Waals surface area contributed by atoms with E-state index in [0.29, 0.717) is 11.5 Å². The van der Waals surface area contributed by atoms with Crippen LogP contribution in [-0.4, -0.2) is 11.0 Å². The maximum Gasteiger partial charge on any atom is 0.0343 e. The average molecular weight is 349 g/mol.